The Kier molecular flexibility index (Phi) is 4.59. The maximum atomic E-state index is 10.5. The first-order valence-electron chi connectivity index (χ1n) is 4.92. The van der Waals surface area contributed by atoms with E-state index in [2.05, 4.69) is 10.2 Å². The van der Waals surface area contributed by atoms with E-state index < -0.39 is 23.0 Å². The van der Waals surface area contributed by atoms with Gasteiger partial charge in [0.15, 0.2) is 0 Å². The van der Waals surface area contributed by atoms with Gasteiger partial charge in [-0.2, -0.15) is 10.2 Å². The number of rotatable bonds is 6. The van der Waals surface area contributed by atoms with Gasteiger partial charge in [-0.15, -0.1) is 0 Å². The zero-order valence-electron chi connectivity index (χ0n) is 10.0. The molecule has 6 heteroatoms. The second-order valence-electron chi connectivity index (χ2n) is 4.97. The molecule has 0 aromatic heterocycles. The fraction of sp³-hybridized carbons (Fsp3) is 0.800. The predicted octanol–water partition coefficient (Wildman–Crippen LogP) is 1.95. The molecule has 0 saturated heterocycles. The maximum absolute atomic E-state index is 10.5. The smallest absolute Gasteiger partial charge is 0.305 e. The van der Waals surface area contributed by atoms with Crippen LogP contribution < -0.4 is 0 Å². The fourth-order valence-corrected chi connectivity index (χ4v) is 1.08. The predicted molar refractivity (Wildman–Crippen MR) is 57.5 cm³/mol. The van der Waals surface area contributed by atoms with E-state index in [1.54, 1.807) is 27.7 Å². The molecule has 0 aromatic carbocycles. The molecule has 0 aliphatic carbocycles. The Labute approximate surface area is 94.4 Å². The number of carbonyl (C=O) groups is 2. The van der Waals surface area contributed by atoms with Crippen LogP contribution in [0.4, 0.5) is 0 Å². The molecule has 0 heterocycles. The molecule has 0 fully saturated rings. The minimum absolute atomic E-state index is 0.139. The number of hydrogen-bond acceptors (Lipinski definition) is 4. The van der Waals surface area contributed by atoms with Crippen molar-refractivity contribution in [2.45, 2.75) is 51.6 Å². The topological polar surface area (TPSA) is 99.3 Å². The minimum atomic E-state index is -0.958. The molecule has 0 amide bonds. The summed E-state index contributed by atoms with van der Waals surface area (Å²) in [7, 11) is 0. The zero-order chi connectivity index (χ0) is 13.0. The number of nitrogens with zero attached hydrogens (tertiary/aromatic N) is 2. The minimum Gasteiger partial charge on any atom is -0.481 e. The van der Waals surface area contributed by atoms with Gasteiger partial charge < -0.3 is 10.2 Å². The lowest BCUT2D eigenvalue weighted by Crippen LogP contribution is -2.25. The molecule has 16 heavy (non-hydrogen) atoms. The molecule has 92 valence electrons. The van der Waals surface area contributed by atoms with Crippen molar-refractivity contribution in [3.63, 3.8) is 0 Å². The summed E-state index contributed by atoms with van der Waals surface area (Å²) in [4.78, 5) is 21.0. The Morgan fingerprint density at radius 2 is 1.12 bits per heavy atom. The molecule has 6 nitrogen and oxygen atoms in total. The fourth-order valence-electron chi connectivity index (χ4n) is 1.08. The zero-order valence-corrected chi connectivity index (χ0v) is 10.0. The third-order valence-corrected chi connectivity index (χ3v) is 1.76. The lowest BCUT2D eigenvalue weighted by Gasteiger charge is -2.20. The van der Waals surface area contributed by atoms with Crippen LogP contribution >= 0.6 is 0 Å². The van der Waals surface area contributed by atoms with Gasteiger partial charge in [0.25, 0.3) is 0 Å². The first-order chi connectivity index (χ1) is 7.04. The third-order valence-electron chi connectivity index (χ3n) is 1.76. The van der Waals surface area contributed by atoms with Crippen LogP contribution in [0.2, 0.25) is 0 Å². The summed E-state index contributed by atoms with van der Waals surface area (Å²) >= 11 is 0. The summed E-state index contributed by atoms with van der Waals surface area (Å²) in [6.07, 6.45) is -0.278. The van der Waals surface area contributed by atoms with Crippen molar-refractivity contribution in [3.8, 4) is 0 Å². The molecular formula is C10H18N2O4. The first kappa shape index (κ1) is 14.5. The summed E-state index contributed by atoms with van der Waals surface area (Å²) < 4.78 is 0. The Balaban J connectivity index is 4.56. The van der Waals surface area contributed by atoms with Crippen molar-refractivity contribution < 1.29 is 19.8 Å². The second-order valence-corrected chi connectivity index (χ2v) is 4.97. The highest BCUT2D eigenvalue weighted by Crippen LogP contribution is 2.20. The van der Waals surface area contributed by atoms with Gasteiger partial charge in [-0.05, 0) is 27.7 Å². The highest BCUT2D eigenvalue weighted by molar-refractivity contribution is 5.68. The van der Waals surface area contributed by atoms with Crippen molar-refractivity contribution in [1.29, 1.82) is 0 Å². The SMILES string of the molecule is CC(C)(CC(=O)O)N=NC(C)(C)CC(=O)O. The molecule has 2 N–H and O–H groups in total. The molecule has 0 bridgehead atoms. The van der Waals surface area contributed by atoms with E-state index in [0.717, 1.165) is 0 Å². The van der Waals surface area contributed by atoms with Crippen LogP contribution in [0.25, 0.3) is 0 Å². The third kappa shape index (κ3) is 6.92. The van der Waals surface area contributed by atoms with Crippen molar-refractivity contribution in [1.82, 2.24) is 0 Å². The average molecular weight is 230 g/mol. The van der Waals surface area contributed by atoms with E-state index in [4.69, 9.17) is 10.2 Å². The van der Waals surface area contributed by atoms with Crippen molar-refractivity contribution in [2.24, 2.45) is 10.2 Å². The molecule has 0 rings (SSSR count). The van der Waals surface area contributed by atoms with E-state index in [-0.39, 0.29) is 12.8 Å². The van der Waals surface area contributed by atoms with Gasteiger partial charge in [0, 0.05) is 0 Å². The maximum Gasteiger partial charge on any atom is 0.305 e. The summed E-state index contributed by atoms with van der Waals surface area (Å²) in [6.45, 7) is 6.56. The van der Waals surface area contributed by atoms with Crippen molar-refractivity contribution in [2.75, 3.05) is 0 Å². The molecule has 0 aliphatic heterocycles. The van der Waals surface area contributed by atoms with Crippen LogP contribution in [0, 0.1) is 0 Å². The Morgan fingerprint density at radius 1 is 0.875 bits per heavy atom. The van der Waals surface area contributed by atoms with Gasteiger partial charge >= 0.3 is 11.9 Å². The second kappa shape index (κ2) is 5.05. The van der Waals surface area contributed by atoms with E-state index >= 15 is 0 Å². The average Bonchev–Trinajstić information content (AvgIpc) is 1.96. The number of carboxylic acids is 2. The highest BCUT2D eigenvalue weighted by atomic mass is 16.4. The summed E-state index contributed by atoms with van der Waals surface area (Å²) in [5.41, 5.74) is -1.64. The monoisotopic (exact) mass is 230 g/mol. The number of aliphatic carboxylic acids is 2. The number of carboxylic acid groups (broad SMARTS) is 2. The molecular weight excluding hydrogens is 212 g/mol. The lowest BCUT2D eigenvalue weighted by atomic mass is 10.0. The normalized spacial score (nSPS) is 13.0. The van der Waals surface area contributed by atoms with Gasteiger partial charge in [-0.25, -0.2) is 0 Å². The van der Waals surface area contributed by atoms with E-state index in [0.29, 0.717) is 0 Å². The van der Waals surface area contributed by atoms with E-state index in [1.807, 2.05) is 0 Å². The lowest BCUT2D eigenvalue weighted by molar-refractivity contribution is -0.139. The molecule has 0 atom stereocenters. The van der Waals surface area contributed by atoms with Crippen LogP contribution in [-0.2, 0) is 9.59 Å². The van der Waals surface area contributed by atoms with Crippen molar-refractivity contribution >= 4 is 11.9 Å². The van der Waals surface area contributed by atoms with Crippen LogP contribution in [0.5, 0.6) is 0 Å². The van der Waals surface area contributed by atoms with Gasteiger partial charge in [-0.1, -0.05) is 0 Å². The standard InChI is InChI=1S/C10H18N2O4/c1-9(2,5-7(13)14)11-12-10(3,4)6-8(15)16/h5-6H2,1-4H3,(H,13,14)(H,15,16). The van der Waals surface area contributed by atoms with Crippen LogP contribution in [-0.4, -0.2) is 33.2 Å². The van der Waals surface area contributed by atoms with Gasteiger partial charge in [0.1, 0.15) is 0 Å². The molecule has 0 aliphatic rings. The summed E-state index contributed by atoms with van der Waals surface area (Å²) in [5, 5.41) is 25.1. The molecule has 0 unspecified atom stereocenters. The van der Waals surface area contributed by atoms with Crippen LogP contribution in [0.15, 0.2) is 10.2 Å². The van der Waals surface area contributed by atoms with Crippen LogP contribution in [0.1, 0.15) is 40.5 Å². The van der Waals surface area contributed by atoms with E-state index in [9.17, 15) is 9.59 Å². The largest absolute Gasteiger partial charge is 0.481 e. The Morgan fingerprint density at radius 3 is 1.31 bits per heavy atom. The molecule has 0 saturated carbocycles. The van der Waals surface area contributed by atoms with Gasteiger partial charge in [0.05, 0.1) is 23.9 Å². The van der Waals surface area contributed by atoms with Gasteiger partial charge in [0.2, 0.25) is 0 Å². The Hall–Kier alpha value is -1.46. The van der Waals surface area contributed by atoms with E-state index in [1.165, 1.54) is 0 Å². The first-order valence-corrected chi connectivity index (χ1v) is 4.92. The molecule has 0 spiro atoms. The molecule has 0 aromatic rings. The summed E-state index contributed by atoms with van der Waals surface area (Å²) in [6, 6.07) is 0. The Bertz CT molecular complexity index is 278. The molecule has 0 radical (unpaired) electrons. The van der Waals surface area contributed by atoms with Gasteiger partial charge in [-0.3, -0.25) is 9.59 Å². The quantitative estimate of drug-likeness (QED) is 0.681. The summed E-state index contributed by atoms with van der Waals surface area (Å²) in [5.74, 6) is -1.92. The highest BCUT2D eigenvalue weighted by Gasteiger charge is 2.25. The van der Waals surface area contributed by atoms with Crippen LogP contribution in [0.3, 0.4) is 0 Å². The van der Waals surface area contributed by atoms with Crippen molar-refractivity contribution in [3.05, 3.63) is 0 Å². The number of hydrogen-bond donors (Lipinski definition) is 2. The number of azo groups is 1.